The average Bonchev–Trinajstić information content (AvgIpc) is 2.92. The highest BCUT2D eigenvalue weighted by atomic mass is 16.5. The van der Waals surface area contributed by atoms with Crippen molar-refractivity contribution in [2.75, 3.05) is 4.90 Å². The fraction of sp³-hybridized carbons (Fsp3) is 0.389. The molecule has 1 saturated heterocycles. The number of benzene rings is 1. The van der Waals surface area contributed by atoms with Gasteiger partial charge >= 0.3 is 12.0 Å². The third-order valence-corrected chi connectivity index (χ3v) is 3.70. The smallest absolute Gasteiger partial charge is 0.338 e. The highest BCUT2D eigenvalue weighted by molar-refractivity contribution is 6.20. The van der Waals surface area contributed by atoms with Crippen molar-refractivity contribution < 1.29 is 28.7 Å². The van der Waals surface area contributed by atoms with Crippen molar-refractivity contribution in [3.8, 4) is 0 Å². The van der Waals surface area contributed by atoms with E-state index in [1.54, 1.807) is 13.8 Å². The van der Waals surface area contributed by atoms with E-state index in [2.05, 4.69) is 10.6 Å². The molecule has 1 aliphatic rings. The molecule has 0 radical (unpaired) electrons. The molecule has 1 heterocycles. The van der Waals surface area contributed by atoms with Gasteiger partial charge in [-0.05, 0) is 39.0 Å². The number of nitrogens with one attached hydrogen (secondary N) is 2. The molecule has 0 aliphatic carbocycles. The highest BCUT2D eigenvalue weighted by Gasteiger charge is 2.31. The zero-order chi connectivity index (χ0) is 20.1. The Morgan fingerprint density at radius 3 is 2.30 bits per heavy atom. The Kier molecular flexibility index (Phi) is 6.27. The molecule has 144 valence electrons. The lowest BCUT2D eigenvalue weighted by Crippen LogP contribution is -2.46. The van der Waals surface area contributed by atoms with Crippen LogP contribution in [0.15, 0.2) is 24.3 Å². The zero-order valence-electron chi connectivity index (χ0n) is 15.3. The maximum atomic E-state index is 12.3. The Labute approximate surface area is 156 Å². The number of hydrogen-bond acceptors (Lipinski definition) is 6. The third kappa shape index (κ3) is 5.13. The largest absolute Gasteiger partial charge is 0.449 e. The summed E-state index contributed by atoms with van der Waals surface area (Å²) in [7, 11) is 0. The number of anilines is 1. The molecule has 27 heavy (non-hydrogen) atoms. The molecule has 2 N–H and O–H groups in total. The van der Waals surface area contributed by atoms with E-state index in [4.69, 9.17) is 4.74 Å². The van der Waals surface area contributed by atoms with Gasteiger partial charge in [0.15, 0.2) is 6.10 Å². The Hall–Kier alpha value is -3.23. The van der Waals surface area contributed by atoms with E-state index in [1.165, 1.54) is 31.2 Å². The third-order valence-electron chi connectivity index (χ3n) is 3.70. The number of amides is 5. The number of urea groups is 1. The minimum absolute atomic E-state index is 0.0753. The zero-order valence-corrected chi connectivity index (χ0v) is 15.3. The molecule has 9 nitrogen and oxygen atoms in total. The Morgan fingerprint density at radius 2 is 1.70 bits per heavy atom. The molecule has 1 aliphatic heterocycles. The van der Waals surface area contributed by atoms with Crippen LogP contribution in [0.4, 0.5) is 10.5 Å². The predicted octanol–water partition coefficient (Wildman–Crippen LogP) is 1.12. The Balaban J connectivity index is 2.02. The molecule has 9 heteroatoms. The van der Waals surface area contributed by atoms with E-state index in [0.717, 1.165) is 4.90 Å². The van der Waals surface area contributed by atoms with Crippen molar-refractivity contribution >= 4 is 35.4 Å². The molecule has 0 bridgehead atoms. The number of imide groups is 2. The number of hydrogen-bond donors (Lipinski definition) is 2. The summed E-state index contributed by atoms with van der Waals surface area (Å²) in [5, 5.41) is 4.55. The van der Waals surface area contributed by atoms with Crippen molar-refractivity contribution in [2.45, 2.75) is 45.8 Å². The monoisotopic (exact) mass is 375 g/mol. The first-order valence-electron chi connectivity index (χ1n) is 8.47. The summed E-state index contributed by atoms with van der Waals surface area (Å²) in [6.45, 7) is 4.79. The number of ether oxygens (including phenoxy) is 1. The second-order valence-corrected chi connectivity index (χ2v) is 6.34. The van der Waals surface area contributed by atoms with Crippen LogP contribution in [0.1, 0.15) is 44.0 Å². The van der Waals surface area contributed by atoms with Gasteiger partial charge in [-0.2, -0.15) is 0 Å². The lowest BCUT2D eigenvalue weighted by atomic mass is 10.2. The summed E-state index contributed by atoms with van der Waals surface area (Å²) in [5.41, 5.74) is 0.344. The fourth-order valence-corrected chi connectivity index (χ4v) is 2.43. The molecule has 0 saturated carbocycles. The van der Waals surface area contributed by atoms with Crippen molar-refractivity contribution in [2.24, 2.45) is 0 Å². The minimum atomic E-state index is -1.21. The minimum Gasteiger partial charge on any atom is -0.449 e. The lowest BCUT2D eigenvalue weighted by molar-refractivity contribution is -0.128. The van der Waals surface area contributed by atoms with Gasteiger partial charge in [-0.3, -0.25) is 24.6 Å². The maximum absolute atomic E-state index is 12.3. The standard InChI is InChI=1S/C18H21N3O6/c1-10(2)19-18(26)20-16(24)11(3)27-17(25)12-5-4-6-13(9-12)21-14(22)7-8-15(21)23/h4-6,9-11H,7-8H2,1-3H3,(H2,19,20,24,26)/t11-/m1/s1. The first kappa shape index (κ1) is 20.1. The number of carbonyl (C=O) groups is 5. The summed E-state index contributed by atoms with van der Waals surface area (Å²) < 4.78 is 5.06. The van der Waals surface area contributed by atoms with Crippen molar-refractivity contribution in [1.29, 1.82) is 0 Å². The van der Waals surface area contributed by atoms with Crippen LogP contribution in [-0.4, -0.2) is 41.9 Å². The number of nitrogens with zero attached hydrogens (tertiary/aromatic N) is 1. The Bertz CT molecular complexity index is 773. The molecule has 0 unspecified atom stereocenters. The van der Waals surface area contributed by atoms with Gasteiger partial charge in [0, 0.05) is 18.9 Å². The van der Waals surface area contributed by atoms with Crippen molar-refractivity contribution in [3.63, 3.8) is 0 Å². The van der Waals surface area contributed by atoms with Crippen LogP contribution in [0, 0.1) is 0 Å². The van der Waals surface area contributed by atoms with Gasteiger partial charge < -0.3 is 10.1 Å². The molecule has 1 aromatic carbocycles. The molecule has 0 aromatic heterocycles. The van der Waals surface area contributed by atoms with Crippen LogP contribution in [0.25, 0.3) is 0 Å². The summed E-state index contributed by atoms with van der Waals surface area (Å²) in [5.74, 6) is -2.27. The van der Waals surface area contributed by atoms with E-state index in [9.17, 15) is 24.0 Å². The molecule has 1 fully saturated rings. The summed E-state index contributed by atoms with van der Waals surface area (Å²) in [4.78, 5) is 60.3. The van der Waals surface area contributed by atoms with Gasteiger partial charge in [0.2, 0.25) is 11.8 Å². The molecule has 1 aromatic rings. The summed E-state index contributed by atoms with van der Waals surface area (Å²) in [6.07, 6.45) is -0.958. The normalized spacial score (nSPS) is 14.9. The van der Waals surface area contributed by atoms with Crippen molar-refractivity contribution in [3.05, 3.63) is 29.8 Å². The van der Waals surface area contributed by atoms with Gasteiger partial charge in [0.1, 0.15) is 0 Å². The lowest BCUT2D eigenvalue weighted by Gasteiger charge is -2.16. The molecule has 1 atom stereocenters. The Morgan fingerprint density at radius 1 is 1.07 bits per heavy atom. The molecule has 2 rings (SSSR count). The van der Waals surface area contributed by atoms with E-state index < -0.39 is 24.0 Å². The van der Waals surface area contributed by atoms with Crippen LogP contribution in [0.3, 0.4) is 0 Å². The SMILES string of the molecule is CC(C)NC(=O)NC(=O)[C@@H](C)OC(=O)c1cccc(N2C(=O)CCC2=O)c1. The van der Waals surface area contributed by atoms with Crippen molar-refractivity contribution in [1.82, 2.24) is 10.6 Å². The first-order valence-corrected chi connectivity index (χ1v) is 8.47. The summed E-state index contributed by atoms with van der Waals surface area (Å²) >= 11 is 0. The fourth-order valence-electron chi connectivity index (χ4n) is 2.43. The quantitative estimate of drug-likeness (QED) is 0.587. The van der Waals surface area contributed by atoms with E-state index in [-0.39, 0.29) is 41.9 Å². The van der Waals surface area contributed by atoms with E-state index in [1.807, 2.05) is 0 Å². The van der Waals surface area contributed by atoms with Crippen LogP contribution >= 0.6 is 0 Å². The second kappa shape index (κ2) is 8.43. The molecular formula is C18H21N3O6. The average molecular weight is 375 g/mol. The maximum Gasteiger partial charge on any atom is 0.338 e. The van der Waals surface area contributed by atoms with Crippen LogP contribution in [-0.2, 0) is 19.1 Å². The molecule has 0 spiro atoms. The van der Waals surface area contributed by atoms with E-state index in [0.29, 0.717) is 0 Å². The predicted molar refractivity (Wildman–Crippen MR) is 94.9 cm³/mol. The van der Waals surface area contributed by atoms with Gasteiger partial charge in [-0.25, -0.2) is 9.59 Å². The van der Waals surface area contributed by atoms with Crippen LogP contribution < -0.4 is 15.5 Å². The van der Waals surface area contributed by atoms with Gasteiger partial charge in [-0.1, -0.05) is 6.07 Å². The number of esters is 1. The highest BCUT2D eigenvalue weighted by Crippen LogP contribution is 2.23. The second-order valence-electron chi connectivity index (χ2n) is 6.34. The van der Waals surface area contributed by atoms with E-state index >= 15 is 0 Å². The number of rotatable bonds is 5. The van der Waals surface area contributed by atoms with Crippen LogP contribution in [0.2, 0.25) is 0 Å². The molecule has 5 amide bonds. The number of carbonyl (C=O) groups excluding carboxylic acids is 5. The topological polar surface area (TPSA) is 122 Å². The molecular weight excluding hydrogens is 354 g/mol. The van der Waals surface area contributed by atoms with Gasteiger partial charge in [0.05, 0.1) is 11.3 Å². The summed E-state index contributed by atoms with van der Waals surface area (Å²) in [6, 6.07) is 4.97. The van der Waals surface area contributed by atoms with Gasteiger partial charge in [0.25, 0.3) is 5.91 Å². The van der Waals surface area contributed by atoms with Crippen LogP contribution in [0.5, 0.6) is 0 Å². The first-order chi connectivity index (χ1) is 12.7. The van der Waals surface area contributed by atoms with Gasteiger partial charge in [-0.15, -0.1) is 0 Å².